The Bertz CT molecular complexity index is 683. The van der Waals surface area contributed by atoms with Gasteiger partial charge >= 0.3 is 5.97 Å². The number of hydrogen-bond donors (Lipinski definition) is 1. The monoisotopic (exact) mass is 446 g/mol. The largest absolute Gasteiger partial charge is 0.481 e. The number of methoxy groups -OCH3 is 1. The Morgan fingerprint density at radius 2 is 1.78 bits per heavy atom. The van der Waals surface area contributed by atoms with E-state index in [1.165, 1.54) is 51.4 Å². The molecule has 3 heteroatoms. The Morgan fingerprint density at radius 1 is 1.09 bits per heavy atom. The number of rotatable bonds is 5. The second-order valence-corrected chi connectivity index (χ2v) is 13.4. The minimum Gasteiger partial charge on any atom is -0.481 e. The molecule has 4 rings (SSSR count). The zero-order valence-corrected chi connectivity index (χ0v) is 22.0. The van der Waals surface area contributed by atoms with Crippen LogP contribution in [0.4, 0.5) is 0 Å². The van der Waals surface area contributed by atoms with Crippen LogP contribution in [0.25, 0.3) is 0 Å². The maximum Gasteiger partial charge on any atom is 0.303 e. The summed E-state index contributed by atoms with van der Waals surface area (Å²) in [5.74, 6) is 2.28. The normalized spacial score (nSPS) is 40.8. The zero-order chi connectivity index (χ0) is 23.7. The van der Waals surface area contributed by atoms with Gasteiger partial charge in [0.1, 0.15) is 0 Å². The molecule has 0 amide bonds. The molecule has 1 N–H and O–H groups in total. The zero-order valence-electron chi connectivity index (χ0n) is 22.0. The standard InChI is InChI=1S/C24H38O3.C5H12/c1-23-14-5-4-7-16(23)10-12-18-19-13-11-17(8-6-9-22(25)26)24(19,2)21(27-3)15-20(18)23;1-5(2,3)4/h15-19,21H,4-14H2,1-3H3,(H,25,26);1-4H3. The molecule has 3 fully saturated rings. The molecule has 4 aliphatic carbocycles. The maximum atomic E-state index is 11.0. The van der Waals surface area contributed by atoms with E-state index in [9.17, 15) is 4.79 Å². The van der Waals surface area contributed by atoms with E-state index in [0.717, 1.165) is 30.6 Å². The molecule has 0 aliphatic heterocycles. The van der Waals surface area contributed by atoms with Crippen molar-refractivity contribution >= 4 is 5.97 Å². The number of carboxylic acids is 1. The van der Waals surface area contributed by atoms with Gasteiger partial charge in [0.2, 0.25) is 0 Å². The van der Waals surface area contributed by atoms with E-state index >= 15 is 0 Å². The minimum atomic E-state index is -0.660. The highest BCUT2D eigenvalue weighted by atomic mass is 16.5. The van der Waals surface area contributed by atoms with Gasteiger partial charge in [0, 0.05) is 18.9 Å². The smallest absolute Gasteiger partial charge is 0.303 e. The molecular formula is C29H50O3. The fourth-order valence-corrected chi connectivity index (χ4v) is 7.94. The molecule has 0 aromatic heterocycles. The van der Waals surface area contributed by atoms with E-state index in [1.807, 2.05) is 7.11 Å². The summed E-state index contributed by atoms with van der Waals surface area (Å²) in [4.78, 5) is 11.0. The Hall–Kier alpha value is -0.830. The summed E-state index contributed by atoms with van der Waals surface area (Å²) >= 11 is 0. The van der Waals surface area contributed by atoms with Crippen LogP contribution >= 0.6 is 0 Å². The third-order valence-electron chi connectivity index (χ3n) is 9.42. The lowest BCUT2D eigenvalue weighted by Crippen LogP contribution is -2.52. The van der Waals surface area contributed by atoms with E-state index in [4.69, 9.17) is 9.84 Å². The van der Waals surface area contributed by atoms with E-state index in [1.54, 1.807) is 5.57 Å². The molecule has 0 spiro atoms. The van der Waals surface area contributed by atoms with Crippen molar-refractivity contribution in [3.05, 3.63) is 11.6 Å². The first-order valence-electron chi connectivity index (χ1n) is 13.4. The molecular weight excluding hydrogens is 396 g/mol. The number of carboxylic acid groups (broad SMARTS) is 1. The number of aliphatic carboxylic acids is 1. The summed E-state index contributed by atoms with van der Waals surface area (Å²) < 4.78 is 6.15. The Kier molecular flexibility index (Phi) is 7.90. The fraction of sp³-hybridized carbons (Fsp3) is 0.897. The minimum absolute atomic E-state index is 0.180. The van der Waals surface area contributed by atoms with Gasteiger partial charge in [0.15, 0.2) is 0 Å². The average Bonchev–Trinajstić information content (AvgIpc) is 3.02. The van der Waals surface area contributed by atoms with Crippen molar-refractivity contribution in [3.63, 3.8) is 0 Å². The summed E-state index contributed by atoms with van der Waals surface area (Å²) in [6, 6.07) is 0. The van der Waals surface area contributed by atoms with Crippen LogP contribution in [-0.2, 0) is 9.53 Å². The summed E-state index contributed by atoms with van der Waals surface area (Å²) in [6.07, 6.45) is 15.8. The summed E-state index contributed by atoms with van der Waals surface area (Å²) in [5.41, 5.74) is 2.83. The number of fused-ring (bicyclic) bond motifs is 5. The second-order valence-electron chi connectivity index (χ2n) is 13.4. The molecule has 3 nitrogen and oxygen atoms in total. The van der Waals surface area contributed by atoms with E-state index in [0.29, 0.717) is 23.2 Å². The fourth-order valence-electron chi connectivity index (χ4n) is 7.94. The highest BCUT2D eigenvalue weighted by molar-refractivity contribution is 5.66. The molecule has 184 valence electrons. The van der Waals surface area contributed by atoms with E-state index in [-0.39, 0.29) is 11.5 Å². The molecule has 32 heavy (non-hydrogen) atoms. The van der Waals surface area contributed by atoms with Gasteiger partial charge in [-0.2, -0.15) is 0 Å². The van der Waals surface area contributed by atoms with Crippen molar-refractivity contribution in [1.82, 2.24) is 0 Å². The number of carbonyl (C=O) groups is 1. The second kappa shape index (κ2) is 9.80. The summed E-state index contributed by atoms with van der Waals surface area (Å²) in [6.45, 7) is 13.8. The van der Waals surface area contributed by atoms with Crippen LogP contribution in [0, 0.1) is 39.9 Å². The van der Waals surface area contributed by atoms with Crippen molar-refractivity contribution in [2.24, 2.45) is 39.9 Å². The Balaban J connectivity index is 0.000000523. The van der Waals surface area contributed by atoms with Crippen molar-refractivity contribution in [3.8, 4) is 0 Å². The van der Waals surface area contributed by atoms with Gasteiger partial charge in [-0.1, -0.05) is 66.0 Å². The molecule has 0 saturated heterocycles. The third-order valence-corrected chi connectivity index (χ3v) is 9.42. The first-order valence-corrected chi connectivity index (χ1v) is 13.4. The molecule has 3 saturated carbocycles. The molecule has 0 aromatic carbocycles. The van der Waals surface area contributed by atoms with Crippen molar-refractivity contribution < 1.29 is 14.6 Å². The predicted octanol–water partition coefficient (Wildman–Crippen LogP) is 7.89. The first kappa shape index (κ1) is 25.8. The van der Waals surface area contributed by atoms with Crippen molar-refractivity contribution in [2.45, 2.75) is 118 Å². The molecule has 0 bridgehead atoms. The third kappa shape index (κ3) is 5.13. The van der Waals surface area contributed by atoms with Crippen LogP contribution in [-0.4, -0.2) is 24.3 Å². The highest BCUT2D eigenvalue weighted by Crippen LogP contribution is 2.66. The van der Waals surface area contributed by atoms with Crippen LogP contribution in [0.1, 0.15) is 112 Å². The van der Waals surface area contributed by atoms with E-state index in [2.05, 4.69) is 47.6 Å². The molecule has 4 aliphatic rings. The summed E-state index contributed by atoms with van der Waals surface area (Å²) in [5, 5.41) is 9.04. The first-order chi connectivity index (χ1) is 14.9. The van der Waals surface area contributed by atoms with Crippen LogP contribution in [0.3, 0.4) is 0 Å². The molecule has 7 unspecified atom stereocenters. The van der Waals surface area contributed by atoms with Crippen LogP contribution in [0.2, 0.25) is 0 Å². The number of hydrogen-bond acceptors (Lipinski definition) is 2. The van der Waals surface area contributed by atoms with Gasteiger partial charge in [0.25, 0.3) is 0 Å². The van der Waals surface area contributed by atoms with Gasteiger partial charge in [0.05, 0.1) is 6.10 Å². The van der Waals surface area contributed by atoms with Crippen molar-refractivity contribution in [1.29, 1.82) is 0 Å². The summed E-state index contributed by atoms with van der Waals surface area (Å²) in [7, 11) is 1.89. The lowest BCUT2D eigenvalue weighted by Gasteiger charge is -2.58. The number of allylic oxidation sites excluding steroid dienone is 1. The average molecular weight is 447 g/mol. The van der Waals surface area contributed by atoms with Gasteiger partial charge in [-0.05, 0) is 85.9 Å². The van der Waals surface area contributed by atoms with Crippen molar-refractivity contribution in [2.75, 3.05) is 7.11 Å². The Morgan fingerprint density at radius 3 is 2.41 bits per heavy atom. The Labute approximate surface area is 197 Å². The maximum absolute atomic E-state index is 11.0. The quantitative estimate of drug-likeness (QED) is 0.437. The van der Waals surface area contributed by atoms with Crippen LogP contribution in [0.15, 0.2) is 11.6 Å². The predicted molar refractivity (Wildman–Crippen MR) is 133 cm³/mol. The van der Waals surface area contributed by atoms with Crippen LogP contribution in [0.5, 0.6) is 0 Å². The van der Waals surface area contributed by atoms with E-state index < -0.39 is 5.97 Å². The highest BCUT2D eigenvalue weighted by Gasteiger charge is 2.59. The van der Waals surface area contributed by atoms with Crippen LogP contribution < -0.4 is 0 Å². The molecule has 0 radical (unpaired) electrons. The topological polar surface area (TPSA) is 46.5 Å². The van der Waals surface area contributed by atoms with Gasteiger partial charge < -0.3 is 9.84 Å². The lowest BCUT2D eigenvalue weighted by atomic mass is 9.48. The van der Waals surface area contributed by atoms with Gasteiger partial charge in [-0.15, -0.1) is 0 Å². The SMILES string of the molecule is CC(C)(C)C.COC1C=C2C(CCC3CCCCC23C)C2CCC(CCCC(=O)O)C12C. The molecule has 0 aromatic rings. The number of ether oxygens (including phenoxy) is 1. The molecule has 0 heterocycles. The van der Waals surface area contributed by atoms with Gasteiger partial charge in [-0.25, -0.2) is 0 Å². The molecule has 7 atom stereocenters. The lowest BCUT2D eigenvalue weighted by molar-refractivity contribution is -0.137. The van der Waals surface area contributed by atoms with Gasteiger partial charge in [-0.3, -0.25) is 4.79 Å².